The Bertz CT molecular complexity index is 190. The van der Waals surface area contributed by atoms with Gasteiger partial charge in [0.2, 0.25) is 6.33 Å². The molecule has 0 atom stereocenters. The average molecular weight is 149 g/mol. The molecule has 6 heteroatoms. The Labute approximate surface area is 54.5 Å². The lowest BCUT2D eigenvalue weighted by molar-refractivity contribution is -0.142. The lowest BCUT2D eigenvalue weighted by Gasteiger charge is -2.03. The van der Waals surface area contributed by atoms with E-state index in [9.17, 15) is 13.2 Å². The van der Waals surface area contributed by atoms with Crippen molar-refractivity contribution in [3.63, 3.8) is 0 Å². The highest BCUT2D eigenvalue weighted by atomic mass is 19.4. The number of hydrogen-bond acceptors (Lipinski definition) is 2. The maximum Gasteiger partial charge on any atom is 0.408 e. The summed E-state index contributed by atoms with van der Waals surface area (Å²) in [7, 11) is 0. The SMILES string of the molecule is FC(F)(F)Cn1[c]n[c]n1. The maximum absolute atomic E-state index is 11.5. The number of aromatic nitrogens is 3. The standard InChI is InChI=1S/C4H2F3N3/c5-4(6,7)1-10-3-8-2-9-10/h1H2. The minimum absolute atomic E-state index is 0.542. The van der Waals surface area contributed by atoms with E-state index in [1.165, 1.54) is 0 Å². The topological polar surface area (TPSA) is 30.7 Å². The Kier molecular flexibility index (Phi) is 1.60. The molecule has 0 aliphatic rings. The zero-order valence-electron chi connectivity index (χ0n) is 4.68. The number of halogens is 3. The number of hydrogen-bond donors (Lipinski definition) is 0. The molecule has 54 valence electrons. The highest BCUT2D eigenvalue weighted by molar-refractivity contribution is 4.55. The molecule has 0 aromatic carbocycles. The summed E-state index contributed by atoms with van der Waals surface area (Å²) in [5.74, 6) is 0. The first-order valence-corrected chi connectivity index (χ1v) is 2.33. The lowest BCUT2D eigenvalue weighted by atomic mass is 10.6. The van der Waals surface area contributed by atoms with Crippen LogP contribution in [0.25, 0.3) is 0 Å². The van der Waals surface area contributed by atoms with Crippen LogP contribution in [0.1, 0.15) is 0 Å². The maximum atomic E-state index is 11.5. The van der Waals surface area contributed by atoms with Crippen molar-refractivity contribution in [2.24, 2.45) is 0 Å². The zero-order valence-corrected chi connectivity index (χ0v) is 4.68. The first kappa shape index (κ1) is 7.04. The third-order valence-electron chi connectivity index (χ3n) is 0.710. The third-order valence-corrected chi connectivity index (χ3v) is 0.710. The van der Waals surface area contributed by atoms with Crippen LogP contribution in [-0.2, 0) is 6.54 Å². The Morgan fingerprint density at radius 2 is 2.10 bits per heavy atom. The van der Waals surface area contributed by atoms with Gasteiger partial charge in [-0.2, -0.15) is 13.2 Å². The minimum atomic E-state index is -4.27. The van der Waals surface area contributed by atoms with E-state index in [0.717, 1.165) is 0 Å². The van der Waals surface area contributed by atoms with Crippen molar-refractivity contribution in [1.82, 2.24) is 14.8 Å². The largest absolute Gasteiger partial charge is 0.408 e. The summed E-state index contributed by atoms with van der Waals surface area (Å²) in [6.45, 7) is -1.16. The first-order valence-electron chi connectivity index (χ1n) is 2.33. The summed E-state index contributed by atoms with van der Waals surface area (Å²) in [6, 6.07) is 0. The number of alkyl halides is 3. The van der Waals surface area contributed by atoms with E-state index in [2.05, 4.69) is 10.1 Å². The van der Waals surface area contributed by atoms with Gasteiger partial charge in [0.1, 0.15) is 6.54 Å². The number of nitrogens with zero attached hydrogens (tertiary/aromatic N) is 3. The monoisotopic (exact) mass is 149 g/mol. The van der Waals surface area contributed by atoms with E-state index in [0.29, 0.717) is 4.68 Å². The van der Waals surface area contributed by atoms with Crippen molar-refractivity contribution in [3.8, 4) is 0 Å². The van der Waals surface area contributed by atoms with Crippen molar-refractivity contribution in [1.29, 1.82) is 0 Å². The Balaban J connectivity index is 2.57. The highest BCUT2D eigenvalue weighted by Crippen LogP contribution is 2.15. The van der Waals surface area contributed by atoms with Crippen LogP contribution in [0, 0.1) is 12.7 Å². The average Bonchev–Trinajstić information content (AvgIpc) is 2.12. The molecule has 0 N–H and O–H groups in total. The summed E-state index contributed by atoms with van der Waals surface area (Å²) in [6.07, 6.45) is -0.332. The van der Waals surface area contributed by atoms with Crippen LogP contribution in [0.5, 0.6) is 0 Å². The van der Waals surface area contributed by atoms with Crippen molar-refractivity contribution < 1.29 is 13.2 Å². The van der Waals surface area contributed by atoms with Gasteiger partial charge in [0.25, 0.3) is 0 Å². The molecule has 0 aliphatic carbocycles. The Morgan fingerprint density at radius 1 is 1.40 bits per heavy atom. The van der Waals surface area contributed by atoms with Gasteiger partial charge >= 0.3 is 6.18 Å². The van der Waals surface area contributed by atoms with Crippen LogP contribution in [0.2, 0.25) is 0 Å². The molecule has 2 radical (unpaired) electrons. The molecule has 0 bridgehead atoms. The molecule has 0 aliphatic heterocycles. The summed E-state index contributed by atoms with van der Waals surface area (Å²) in [5, 5.41) is 3.11. The second-order valence-electron chi connectivity index (χ2n) is 1.58. The molecule has 0 saturated carbocycles. The van der Waals surface area contributed by atoms with E-state index >= 15 is 0 Å². The van der Waals surface area contributed by atoms with Crippen molar-refractivity contribution >= 4 is 0 Å². The van der Waals surface area contributed by atoms with Gasteiger partial charge in [-0.1, -0.05) is 0 Å². The normalized spacial score (nSPS) is 11.9. The minimum Gasteiger partial charge on any atom is -0.233 e. The van der Waals surface area contributed by atoms with Crippen LogP contribution >= 0.6 is 0 Å². The second kappa shape index (κ2) is 2.28. The van der Waals surface area contributed by atoms with Gasteiger partial charge < -0.3 is 0 Å². The zero-order chi connectivity index (χ0) is 7.61. The van der Waals surface area contributed by atoms with E-state index in [-0.39, 0.29) is 0 Å². The third kappa shape index (κ3) is 2.04. The van der Waals surface area contributed by atoms with Gasteiger partial charge in [0, 0.05) is 0 Å². The van der Waals surface area contributed by atoms with E-state index in [1.807, 2.05) is 12.7 Å². The lowest BCUT2D eigenvalue weighted by Crippen LogP contribution is -2.17. The molecule has 0 fully saturated rings. The first-order chi connectivity index (χ1) is 4.58. The van der Waals surface area contributed by atoms with Crippen molar-refractivity contribution in [3.05, 3.63) is 12.7 Å². The predicted octanol–water partition coefficient (Wildman–Crippen LogP) is 0.441. The quantitative estimate of drug-likeness (QED) is 0.580. The number of rotatable bonds is 1. The molecule has 1 aromatic heterocycles. The molecular formula is C4H2F3N3. The van der Waals surface area contributed by atoms with Gasteiger partial charge in [0.05, 0.1) is 0 Å². The van der Waals surface area contributed by atoms with Crippen LogP contribution in [0.4, 0.5) is 13.2 Å². The molecule has 3 nitrogen and oxygen atoms in total. The van der Waals surface area contributed by atoms with Crippen LogP contribution < -0.4 is 0 Å². The van der Waals surface area contributed by atoms with Gasteiger partial charge in [-0.05, 0) is 0 Å². The van der Waals surface area contributed by atoms with Gasteiger partial charge in [-0.15, -0.1) is 5.10 Å². The van der Waals surface area contributed by atoms with E-state index in [1.54, 1.807) is 0 Å². The molecule has 1 aromatic rings. The summed E-state index contributed by atoms with van der Waals surface area (Å²) in [5.41, 5.74) is 0. The fraction of sp³-hybridized carbons (Fsp3) is 0.500. The van der Waals surface area contributed by atoms with Crippen molar-refractivity contribution in [2.45, 2.75) is 12.7 Å². The summed E-state index contributed by atoms with van der Waals surface area (Å²) >= 11 is 0. The fourth-order valence-electron chi connectivity index (χ4n) is 0.419. The molecular weight excluding hydrogens is 147 g/mol. The molecule has 0 unspecified atom stereocenters. The van der Waals surface area contributed by atoms with Gasteiger partial charge in [0.15, 0.2) is 6.33 Å². The summed E-state index contributed by atoms with van der Waals surface area (Å²) in [4.78, 5) is 3.11. The molecule has 10 heavy (non-hydrogen) atoms. The van der Waals surface area contributed by atoms with Crippen LogP contribution in [0.15, 0.2) is 0 Å². The fourth-order valence-corrected chi connectivity index (χ4v) is 0.419. The highest BCUT2D eigenvalue weighted by Gasteiger charge is 2.28. The van der Waals surface area contributed by atoms with Crippen LogP contribution in [0.3, 0.4) is 0 Å². The van der Waals surface area contributed by atoms with Gasteiger partial charge in [-0.3, -0.25) is 0 Å². The van der Waals surface area contributed by atoms with E-state index < -0.39 is 12.7 Å². The molecule has 1 rings (SSSR count). The molecule has 0 saturated heterocycles. The van der Waals surface area contributed by atoms with E-state index in [4.69, 9.17) is 0 Å². The van der Waals surface area contributed by atoms with Gasteiger partial charge in [-0.25, -0.2) is 9.67 Å². The molecule has 0 amide bonds. The van der Waals surface area contributed by atoms with Crippen LogP contribution in [-0.4, -0.2) is 20.9 Å². The summed E-state index contributed by atoms with van der Waals surface area (Å²) < 4.78 is 35.0. The van der Waals surface area contributed by atoms with Crippen molar-refractivity contribution in [2.75, 3.05) is 0 Å². The predicted molar refractivity (Wildman–Crippen MR) is 23.7 cm³/mol. The second-order valence-corrected chi connectivity index (χ2v) is 1.58. The molecule has 0 spiro atoms. The molecule has 1 heterocycles. The Morgan fingerprint density at radius 3 is 2.50 bits per heavy atom. The smallest absolute Gasteiger partial charge is 0.233 e. The Hall–Kier alpha value is -1.07.